The van der Waals surface area contributed by atoms with Crippen molar-refractivity contribution < 1.29 is 0 Å². The van der Waals surface area contributed by atoms with Crippen LogP contribution in [0.5, 0.6) is 0 Å². The van der Waals surface area contributed by atoms with Gasteiger partial charge in [0.05, 0.1) is 0 Å². The first-order chi connectivity index (χ1) is 6.61. The lowest BCUT2D eigenvalue weighted by molar-refractivity contribution is 0.315. The predicted octanol–water partition coefficient (Wildman–Crippen LogP) is 4.14. The van der Waals surface area contributed by atoms with Crippen molar-refractivity contribution in [2.24, 2.45) is 5.41 Å². The molecule has 0 spiro atoms. The molecule has 1 aromatic rings. The van der Waals surface area contributed by atoms with Crippen molar-refractivity contribution in [1.29, 1.82) is 0 Å². The van der Waals surface area contributed by atoms with Crippen LogP contribution >= 0.6 is 22.6 Å². The van der Waals surface area contributed by atoms with E-state index in [1.54, 1.807) is 11.1 Å². The molecule has 1 heteroatoms. The van der Waals surface area contributed by atoms with Crippen LogP contribution < -0.4 is 0 Å². The van der Waals surface area contributed by atoms with Gasteiger partial charge in [-0.15, -0.1) is 0 Å². The molecule has 0 fully saturated rings. The van der Waals surface area contributed by atoms with Crippen LogP contribution in [-0.4, -0.2) is 0 Å². The maximum atomic E-state index is 2.44. The van der Waals surface area contributed by atoms with Crippen molar-refractivity contribution in [2.75, 3.05) is 0 Å². The lowest BCUT2D eigenvalue weighted by Gasteiger charge is -2.31. The molecule has 0 radical (unpaired) electrons. The summed E-state index contributed by atoms with van der Waals surface area (Å²) in [6, 6.07) is 7.02. The third-order valence-electron chi connectivity index (χ3n) is 3.17. The molecule has 0 nitrogen and oxygen atoms in total. The molecule has 0 N–H and O–H groups in total. The molecule has 0 aliphatic heterocycles. The Morgan fingerprint density at radius 3 is 2.79 bits per heavy atom. The summed E-state index contributed by atoms with van der Waals surface area (Å²) in [7, 11) is 0. The molecular formula is C13H17I. The largest absolute Gasteiger partial charge is 0.0812 e. The number of fused-ring (bicyclic) bond motifs is 1. The molecule has 0 aromatic heterocycles. The standard InChI is InChI=1S/C13H17I/c1-13(2)6-5-11-4-3-10(9-14)7-12(11)8-13/h3-4,7H,5-6,8-9H2,1-2H3. The third kappa shape index (κ3) is 2.13. The Bertz CT molecular complexity index is 339. The van der Waals surface area contributed by atoms with E-state index in [4.69, 9.17) is 0 Å². The van der Waals surface area contributed by atoms with Gasteiger partial charge in [0.25, 0.3) is 0 Å². The monoisotopic (exact) mass is 300 g/mol. The van der Waals surface area contributed by atoms with Crippen LogP contribution in [0.1, 0.15) is 37.0 Å². The predicted molar refractivity (Wildman–Crippen MR) is 70.0 cm³/mol. The summed E-state index contributed by atoms with van der Waals surface area (Å²) >= 11 is 2.44. The van der Waals surface area contributed by atoms with E-state index >= 15 is 0 Å². The normalized spacial score (nSPS) is 19.1. The topological polar surface area (TPSA) is 0 Å². The Balaban J connectivity index is 2.34. The van der Waals surface area contributed by atoms with Gasteiger partial charge in [-0.1, -0.05) is 54.6 Å². The first-order valence-electron chi connectivity index (χ1n) is 5.27. The van der Waals surface area contributed by atoms with Crippen LogP contribution in [0.4, 0.5) is 0 Å². The Kier molecular flexibility index (Phi) is 2.87. The number of hydrogen-bond acceptors (Lipinski definition) is 0. The lowest BCUT2D eigenvalue weighted by Crippen LogP contribution is -2.22. The van der Waals surface area contributed by atoms with Crippen molar-refractivity contribution in [3.05, 3.63) is 34.9 Å². The molecule has 0 atom stereocenters. The Labute approximate surface area is 100 Å². The highest BCUT2D eigenvalue weighted by atomic mass is 127. The van der Waals surface area contributed by atoms with Crippen molar-refractivity contribution in [3.63, 3.8) is 0 Å². The van der Waals surface area contributed by atoms with Gasteiger partial charge in [0.2, 0.25) is 0 Å². The van der Waals surface area contributed by atoms with Crippen LogP contribution in [-0.2, 0) is 17.3 Å². The second-order valence-corrected chi connectivity index (χ2v) is 5.84. The van der Waals surface area contributed by atoms with Gasteiger partial charge in [-0.25, -0.2) is 0 Å². The SMILES string of the molecule is CC1(C)CCc2ccc(CI)cc2C1. The fourth-order valence-corrected chi connectivity index (χ4v) is 2.72. The molecule has 0 saturated carbocycles. The molecule has 76 valence electrons. The zero-order valence-electron chi connectivity index (χ0n) is 8.94. The summed E-state index contributed by atoms with van der Waals surface area (Å²) in [5.41, 5.74) is 5.16. The quantitative estimate of drug-likeness (QED) is 0.540. The van der Waals surface area contributed by atoms with Gasteiger partial charge in [-0.05, 0) is 41.4 Å². The number of benzene rings is 1. The van der Waals surface area contributed by atoms with Gasteiger partial charge in [0.1, 0.15) is 0 Å². The molecule has 14 heavy (non-hydrogen) atoms. The molecule has 0 unspecified atom stereocenters. The van der Waals surface area contributed by atoms with Crippen molar-refractivity contribution >= 4 is 22.6 Å². The van der Waals surface area contributed by atoms with Crippen LogP contribution in [0.15, 0.2) is 18.2 Å². The molecule has 0 heterocycles. The molecule has 0 saturated heterocycles. The average molecular weight is 300 g/mol. The minimum absolute atomic E-state index is 0.511. The lowest BCUT2D eigenvalue weighted by atomic mass is 9.74. The Morgan fingerprint density at radius 2 is 2.07 bits per heavy atom. The molecule has 0 amide bonds. The Hall–Kier alpha value is -0.0500. The second kappa shape index (κ2) is 3.84. The molecule has 1 aliphatic rings. The highest BCUT2D eigenvalue weighted by molar-refractivity contribution is 14.1. The average Bonchev–Trinajstić information content (AvgIpc) is 2.15. The number of halogens is 1. The van der Waals surface area contributed by atoms with E-state index in [1.165, 1.54) is 24.8 Å². The highest BCUT2D eigenvalue weighted by Gasteiger charge is 2.24. The van der Waals surface area contributed by atoms with Crippen LogP contribution in [0, 0.1) is 5.41 Å². The van der Waals surface area contributed by atoms with E-state index in [9.17, 15) is 0 Å². The minimum atomic E-state index is 0.511. The van der Waals surface area contributed by atoms with Crippen LogP contribution in [0.25, 0.3) is 0 Å². The van der Waals surface area contributed by atoms with Gasteiger partial charge in [0, 0.05) is 4.43 Å². The summed E-state index contributed by atoms with van der Waals surface area (Å²) in [5.74, 6) is 0. The summed E-state index contributed by atoms with van der Waals surface area (Å²) < 4.78 is 1.13. The summed E-state index contributed by atoms with van der Waals surface area (Å²) in [4.78, 5) is 0. The van der Waals surface area contributed by atoms with E-state index in [0.717, 1.165) is 4.43 Å². The summed E-state index contributed by atoms with van der Waals surface area (Å²) in [5, 5.41) is 0. The zero-order chi connectivity index (χ0) is 10.2. The van der Waals surface area contributed by atoms with Crippen LogP contribution in [0.3, 0.4) is 0 Å². The molecule has 1 aliphatic carbocycles. The number of hydrogen-bond donors (Lipinski definition) is 0. The van der Waals surface area contributed by atoms with Gasteiger partial charge in [0.15, 0.2) is 0 Å². The molecular weight excluding hydrogens is 283 g/mol. The van der Waals surface area contributed by atoms with E-state index in [1.807, 2.05) is 0 Å². The number of alkyl halides is 1. The summed E-state index contributed by atoms with van der Waals surface area (Å²) in [6.07, 6.45) is 3.86. The maximum Gasteiger partial charge on any atom is 0.0247 e. The fraction of sp³-hybridized carbons (Fsp3) is 0.538. The molecule has 2 rings (SSSR count). The molecule has 0 bridgehead atoms. The third-order valence-corrected chi connectivity index (χ3v) is 4.05. The number of aryl methyl sites for hydroxylation is 1. The van der Waals surface area contributed by atoms with Crippen molar-refractivity contribution in [1.82, 2.24) is 0 Å². The highest BCUT2D eigenvalue weighted by Crippen LogP contribution is 2.35. The smallest absolute Gasteiger partial charge is 0.0247 e. The van der Waals surface area contributed by atoms with E-state index in [0.29, 0.717) is 5.41 Å². The Morgan fingerprint density at radius 1 is 1.29 bits per heavy atom. The second-order valence-electron chi connectivity index (χ2n) is 5.08. The van der Waals surface area contributed by atoms with Gasteiger partial charge in [-0.2, -0.15) is 0 Å². The van der Waals surface area contributed by atoms with Gasteiger partial charge in [-0.3, -0.25) is 0 Å². The zero-order valence-corrected chi connectivity index (χ0v) is 11.1. The first kappa shape index (κ1) is 10.5. The minimum Gasteiger partial charge on any atom is -0.0812 e. The van der Waals surface area contributed by atoms with Gasteiger partial charge < -0.3 is 0 Å². The summed E-state index contributed by atoms with van der Waals surface area (Å²) in [6.45, 7) is 4.76. The van der Waals surface area contributed by atoms with Crippen LogP contribution in [0.2, 0.25) is 0 Å². The maximum absolute atomic E-state index is 2.44. The fourth-order valence-electron chi connectivity index (χ4n) is 2.25. The van der Waals surface area contributed by atoms with Crippen molar-refractivity contribution in [3.8, 4) is 0 Å². The van der Waals surface area contributed by atoms with E-state index < -0.39 is 0 Å². The van der Waals surface area contributed by atoms with Crippen molar-refractivity contribution in [2.45, 2.75) is 37.5 Å². The van der Waals surface area contributed by atoms with E-state index in [2.05, 4.69) is 54.6 Å². The number of rotatable bonds is 1. The van der Waals surface area contributed by atoms with Gasteiger partial charge >= 0.3 is 0 Å². The first-order valence-corrected chi connectivity index (χ1v) is 6.80. The van der Waals surface area contributed by atoms with E-state index in [-0.39, 0.29) is 0 Å². The molecule has 1 aromatic carbocycles.